The van der Waals surface area contributed by atoms with Crippen LogP contribution < -0.4 is 14.2 Å². The Hall–Kier alpha value is -3.85. The number of amides is 1. The minimum atomic E-state index is -0.494. The van der Waals surface area contributed by atoms with Crippen molar-refractivity contribution in [3.8, 4) is 23.0 Å². The molecule has 0 spiro atoms. The number of fused-ring (bicyclic) bond motifs is 2. The van der Waals surface area contributed by atoms with Crippen LogP contribution in [0.4, 0.5) is 9.18 Å². The van der Waals surface area contributed by atoms with E-state index in [4.69, 9.17) is 18.9 Å². The number of halogens is 1. The number of hydrogen-bond donors (Lipinski definition) is 1. The lowest BCUT2D eigenvalue weighted by Crippen LogP contribution is -2.45. The number of hydrogen-bond acceptors (Lipinski definition) is 6. The van der Waals surface area contributed by atoms with Gasteiger partial charge in [0, 0.05) is 40.8 Å². The van der Waals surface area contributed by atoms with E-state index >= 15 is 4.39 Å². The average molecular weight is 480 g/mol. The van der Waals surface area contributed by atoms with Crippen molar-refractivity contribution < 1.29 is 28.1 Å². The lowest BCUT2D eigenvalue weighted by Gasteiger charge is -2.30. The highest BCUT2D eigenvalue weighted by Crippen LogP contribution is 2.39. The molecule has 1 atom stereocenters. The molecule has 0 saturated carbocycles. The molecule has 9 heteroatoms. The molecule has 182 valence electrons. The molecule has 1 aliphatic rings. The quantitative estimate of drug-likeness (QED) is 0.403. The Morgan fingerprint density at radius 3 is 2.83 bits per heavy atom. The molecule has 3 heterocycles. The largest absolute Gasteiger partial charge is 0.490 e. The van der Waals surface area contributed by atoms with Crippen LogP contribution in [-0.2, 0) is 4.74 Å². The molecule has 0 radical (unpaired) electrons. The van der Waals surface area contributed by atoms with Crippen molar-refractivity contribution in [2.75, 3.05) is 26.3 Å². The van der Waals surface area contributed by atoms with Gasteiger partial charge in [0.05, 0.1) is 31.4 Å². The van der Waals surface area contributed by atoms with Gasteiger partial charge in [-0.1, -0.05) is 0 Å². The topological polar surface area (TPSA) is 85.9 Å². The smallest absolute Gasteiger partial charge is 0.415 e. The van der Waals surface area contributed by atoms with E-state index in [1.54, 1.807) is 47.5 Å². The maximum absolute atomic E-state index is 15.2. The van der Waals surface area contributed by atoms with Crippen LogP contribution in [0.15, 0.2) is 42.6 Å². The fourth-order valence-electron chi connectivity index (χ4n) is 4.19. The molecule has 0 unspecified atom stereocenters. The predicted molar refractivity (Wildman–Crippen MR) is 129 cm³/mol. The SMILES string of the molecule is CCOc1cc2nccc(Oc3ccc4[nH]c(C)cc4c3F)c2cc1OC(=O)N1CCO[C@H](C)C1. The Balaban J connectivity index is 1.51. The van der Waals surface area contributed by atoms with E-state index in [-0.39, 0.29) is 17.6 Å². The van der Waals surface area contributed by atoms with E-state index in [0.717, 1.165) is 5.69 Å². The molecule has 4 aromatic rings. The van der Waals surface area contributed by atoms with Gasteiger partial charge in [0.25, 0.3) is 0 Å². The van der Waals surface area contributed by atoms with Crippen molar-refractivity contribution in [3.63, 3.8) is 0 Å². The van der Waals surface area contributed by atoms with Gasteiger partial charge in [0.2, 0.25) is 0 Å². The summed E-state index contributed by atoms with van der Waals surface area (Å²) in [5.74, 6) is 0.614. The lowest BCUT2D eigenvalue weighted by atomic mass is 10.1. The van der Waals surface area contributed by atoms with Crippen LogP contribution in [0.3, 0.4) is 0 Å². The fourth-order valence-corrected chi connectivity index (χ4v) is 4.19. The van der Waals surface area contributed by atoms with Gasteiger partial charge in [-0.25, -0.2) is 9.18 Å². The number of aromatic amines is 1. The summed E-state index contributed by atoms with van der Waals surface area (Å²) in [6.45, 7) is 7.32. The van der Waals surface area contributed by atoms with Crippen LogP contribution >= 0.6 is 0 Å². The summed E-state index contributed by atoms with van der Waals surface area (Å²) in [5.41, 5.74) is 2.11. The van der Waals surface area contributed by atoms with Gasteiger partial charge in [-0.05, 0) is 51.1 Å². The monoisotopic (exact) mass is 479 g/mol. The fraction of sp³-hybridized carbons (Fsp3) is 0.308. The zero-order valence-corrected chi connectivity index (χ0v) is 19.8. The third kappa shape index (κ3) is 4.59. The van der Waals surface area contributed by atoms with E-state index < -0.39 is 11.9 Å². The number of nitrogens with one attached hydrogen (secondary N) is 1. The number of pyridine rings is 1. The van der Waals surface area contributed by atoms with Crippen LogP contribution in [-0.4, -0.2) is 53.4 Å². The van der Waals surface area contributed by atoms with Crippen molar-refractivity contribution in [1.29, 1.82) is 0 Å². The number of aromatic nitrogens is 2. The number of benzene rings is 2. The minimum Gasteiger partial charge on any atom is -0.490 e. The lowest BCUT2D eigenvalue weighted by molar-refractivity contribution is -0.0106. The predicted octanol–water partition coefficient (Wildman–Crippen LogP) is 5.57. The first kappa shape index (κ1) is 22.9. The number of nitrogens with zero attached hydrogens (tertiary/aromatic N) is 2. The number of ether oxygens (including phenoxy) is 4. The second-order valence-electron chi connectivity index (χ2n) is 8.45. The third-order valence-electron chi connectivity index (χ3n) is 5.82. The number of aryl methyl sites for hydroxylation is 1. The van der Waals surface area contributed by atoms with Crippen LogP contribution in [0.25, 0.3) is 21.8 Å². The second-order valence-corrected chi connectivity index (χ2v) is 8.45. The van der Waals surface area contributed by atoms with Crippen molar-refractivity contribution in [2.45, 2.75) is 26.9 Å². The second kappa shape index (κ2) is 9.42. The van der Waals surface area contributed by atoms with E-state index in [9.17, 15) is 4.79 Å². The third-order valence-corrected chi connectivity index (χ3v) is 5.82. The summed E-state index contributed by atoms with van der Waals surface area (Å²) in [6, 6.07) is 10.1. The zero-order valence-electron chi connectivity index (χ0n) is 19.8. The molecule has 5 rings (SSSR count). The highest BCUT2D eigenvalue weighted by molar-refractivity contribution is 5.89. The van der Waals surface area contributed by atoms with Crippen LogP contribution in [0.5, 0.6) is 23.0 Å². The highest BCUT2D eigenvalue weighted by atomic mass is 19.1. The Labute approximate surface area is 201 Å². The normalized spacial score (nSPS) is 16.0. The van der Waals surface area contributed by atoms with Gasteiger partial charge >= 0.3 is 6.09 Å². The highest BCUT2D eigenvalue weighted by Gasteiger charge is 2.25. The van der Waals surface area contributed by atoms with Gasteiger partial charge in [0.15, 0.2) is 23.1 Å². The van der Waals surface area contributed by atoms with Gasteiger partial charge in [-0.2, -0.15) is 0 Å². The molecule has 0 bridgehead atoms. The van der Waals surface area contributed by atoms with Crippen molar-refractivity contribution in [2.24, 2.45) is 0 Å². The number of carbonyl (C=O) groups is 1. The summed E-state index contributed by atoms with van der Waals surface area (Å²) < 4.78 is 38.1. The molecule has 1 aliphatic heterocycles. The van der Waals surface area contributed by atoms with Crippen LogP contribution in [0.1, 0.15) is 19.5 Å². The Morgan fingerprint density at radius 2 is 2.03 bits per heavy atom. The molecule has 1 saturated heterocycles. The van der Waals surface area contributed by atoms with Gasteiger partial charge in [-0.3, -0.25) is 4.98 Å². The maximum atomic E-state index is 15.2. The Kier molecular flexibility index (Phi) is 6.17. The number of morpholine rings is 1. The van der Waals surface area contributed by atoms with Crippen LogP contribution in [0.2, 0.25) is 0 Å². The Bertz CT molecular complexity index is 1400. The molecule has 2 aromatic heterocycles. The molecule has 35 heavy (non-hydrogen) atoms. The van der Waals surface area contributed by atoms with Gasteiger partial charge in [0.1, 0.15) is 5.75 Å². The van der Waals surface area contributed by atoms with Crippen molar-refractivity contribution >= 4 is 27.9 Å². The first-order chi connectivity index (χ1) is 16.9. The van der Waals surface area contributed by atoms with Gasteiger partial charge in [-0.15, -0.1) is 0 Å². The molecular formula is C26H26FN3O5. The molecule has 1 fully saturated rings. The van der Waals surface area contributed by atoms with Crippen molar-refractivity contribution in [3.05, 3.63) is 54.1 Å². The molecule has 0 aliphatic carbocycles. The number of rotatable bonds is 5. The molecule has 1 N–H and O–H groups in total. The summed E-state index contributed by atoms with van der Waals surface area (Å²) in [4.78, 5) is 22.0. The van der Waals surface area contributed by atoms with E-state index in [1.165, 1.54) is 0 Å². The van der Waals surface area contributed by atoms with E-state index in [0.29, 0.717) is 59.6 Å². The van der Waals surface area contributed by atoms with Crippen molar-refractivity contribution in [1.82, 2.24) is 14.9 Å². The van der Waals surface area contributed by atoms with E-state index in [1.807, 2.05) is 20.8 Å². The number of H-pyrrole nitrogens is 1. The molecule has 1 amide bonds. The minimum absolute atomic E-state index is 0.0699. The molecule has 8 nitrogen and oxygen atoms in total. The number of carbonyl (C=O) groups excluding carboxylic acids is 1. The first-order valence-electron chi connectivity index (χ1n) is 11.5. The Morgan fingerprint density at radius 1 is 1.17 bits per heavy atom. The van der Waals surface area contributed by atoms with Crippen LogP contribution in [0, 0.1) is 12.7 Å². The summed E-state index contributed by atoms with van der Waals surface area (Å²) in [5, 5.41) is 1.00. The first-order valence-corrected chi connectivity index (χ1v) is 11.5. The maximum Gasteiger partial charge on any atom is 0.415 e. The standard InChI is InChI=1S/C26H26FN3O5/c1-4-32-23-13-20-17(12-24(23)35-26(31)30-9-10-33-16(3)14-30)21(7-8-28-20)34-22-6-5-19-18(25(22)27)11-15(2)29-19/h5-8,11-13,16,29H,4,9-10,14H2,1-3H3/t16-/m1/s1. The summed E-state index contributed by atoms with van der Waals surface area (Å²) in [7, 11) is 0. The van der Waals surface area contributed by atoms with Gasteiger partial charge < -0.3 is 28.8 Å². The van der Waals surface area contributed by atoms with E-state index in [2.05, 4.69) is 9.97 Å². The summed E-state index contributed by atoms with van der Waals surface area (Å²) in [6.07, 6.45) is 1.01. The summed E-state index contributed by atoms with van der Waals surface area (Å²) >= 11 is 0. The molecule has 2 aromatic carbocycles. The zero-order chi connectivity index (χ0) is 24.5. The average Bonchev–Trinajstić information content (AvgIpc) is 3.23. The molecular weight excluding hydrogens is 453 g/mol.